The molecule has 1 fully saturated rings. The summed E-state index contributed by atoms with van der Waals surface area (Å²) in [5.41, 5.74) is -0.288. The molecule has 2 rings (SSSR count). The van der Waals surface area contributed by atoms with Gasteiger partial charge in [-0.15, -0.1) is 0 Å². The Morgan fingerprint density at radius 2 is 1.93 bits per heavy atom. The number of hydrogen-bond donors (Lipinski definition) is 1. The van der Waals surface area contributed by atoms with Crippen LogP contribution in [0.15, 0.2) is 11.4 Å². The zero-order chi connectivity index (χ0) is 20.7. The number of ether oxygens (including phenoxy) is 3. The molecule has 1 aliphatic rings. The zero-order valence-electron chi connectivity index (χ0n) is 17.1. The molecule has 9 heteroatoms. The first-order chi connectivity index (χ1) is 13.2. The normalized spacial score (nSPS) is 19.6. The Labute approximate surface area is 170 Å². The monoisotopic (exact) mass is 411 g/mol. The van der Waals surface area contributed by atoms with Crippen LogP contribution in [0.2, 0.25) is 0 Å². The molecule has 0 spiro atoms. The van der Waals surface area contributed by atoms with Gasteiger partial charge in [0, 0.05) is 12.2 Å². The number of alkyl carbamates (subject to hydrolysis) is 1. The van der Waals surface area contributed by atoms with Gasteiger partial charge in [0.15, 0.2) is 5.16 Å². The summed E-state index contributed by atoms with van der Waals surface area (Å²) in [5.74, 6) is -0.244. The number of thioether (sulfide) groups is 1. The van der Waals surface area contributed by atoms with Gasteiger partial charge < -0.3 is 19.5 Å². The maximum absolute atomic E-state index is 12.1. The maximum atomic E-state index is 12.1. The number of rotatable bonds is 6. The molecule has 8 nitrogen and oxygen atoms in total. The smallest absolute Gasteiger partial charge is 0.407 e. The fourth-order valence-electron chi connectivity index (χ4n) is 2.85. The van der Waals surface area contributed by atoms with Gasteiger partial charge in [-0.2, -0.15) is 4.98 Å². The average Bonchev–Trinajstić information content (AvgIpc) is 2.62. The van der Waals surface area contributed by atoms with Gasteiger partial charge in [-0.25, -0.2) is 14.6 Å². The summed E-state index contributed by atoms with van der Waals surface area (Å²) in [5, 5.41) is 3.44. The van der Waals surface area contributed by atoms with E-state index in [-0.39, 0.29) is 30.2 Å². The van der Waals surface area contributed by atoms with Crippen molar-refractivity contribution in [2.24, 2.45) is 0 Å². The van der Waals surface area contributed by atoms with Crippen LogP contribution in [0.4, 0.5) is 4.79 Å². The van der Waals surface area contributed by atoms with Crippen LogP contribution in [0.5, 0.6) is 5.88 Å². The van der Waals surface area contributed by atoms with Crippen LogP contribution in [0.25, 0.3) is 0 Å². The number of carbonyl (C=O) groups is 2. The fourth-order valence-corrected chi connectivity index (χ4v) is 3.18. The number of esters is 1. The minimum absolute atomic E-state index is 0.0476. The lowest BCUT2D eigenvalue weighted by Gasteiger charge is -2.30. The average molecular weight is 412 g/mol. The Bertz CT molecular complexity index is 685. The van der Waals surface area contributed by atoms with Gasteiger partial charge in [0.05, 0.1) is 6.61 Å². The molecule has 0 bridgehead atoms. The molecule has 28 heavy (non-hydrogen) atoms. The van der Waals surface area contributed by atoms with Gasteiger partial charge in [-0.3, -0.25) is 0 Å². The van der Waals surface area contributed by atoms with Crippen molar-refractivity contribution >= 4 is 23.8 Å². The Morgan fingerprint density at radius 3 is 2.50 bits per heavy atom. The Balaban J connectivity index is 1.95. The van der Waals surface area contributed by atoms with Crippen molar-refractivity contribution in [2.45, 2.75) is 76.3 Å². The van der Waals surface area contributed by atoms with E-state index in [0.717, 1.165) is 25.7 Å². The van der Waals surface area contributed by atoms with Crippen molar-refractivity contribution in [3.63, 3.8) is 0 Å². The van der Waals surface area contributed by atoms with Crippen LogP contribution >= 0.6 is 11.8 Å². The Kier molecular flexibility index (Phi) is 7.91. The van der Waals surface area contributed by atoms with E-state index in [9.17, 15) is 9.59 Å². The molecule has 1 saturated carbocycles. The van der Waals surface area contributed by atoms with Crippen LogP contribution < -0.4 is 10.1 Å². The summed E-state index contributed by atoms with van der Waals surface area (Å²) in [6, 6.07) is 0.0476. The SMILES string of the molecule is CCOC(=O)c1cnc(SC)nc1OC1CCC(NC(=O)OC(C)(C)C)CC1. The highest BCUT2D eigenvalue weighted by molar-refractivity contribution is 7.98. The molecule has 0 radical (unpaired) electrons. The first-order valence-electron chi connectivity index (χ1n) is 9.46. The second-order valence-electron chi connectivity index (χ2n) is 7.53. The molecule has 1 heterocycles. The van der Waals surface area contributed by atoms with Gasteiger partial charge in [0.1, 0.15) is 17.3 Å². The highest BCUT2D eigenvalue weighted by Crippen LogP contribution is 2.27. The number of carbonyl (C=O) groups excluding carboxylic acids is 2. The van der Waals surface area contributed by atoms with Crippen molar-refractivity contribution in [2.75, 3.05) is 12.9 Å². The van der Waals surface area contributed by atoms with Crippen LogP contribution in [0.3, 0.4) is 0 Å². The molecule has 156 valence electrons. The lowest BCUT2D eigenvalue weighted by atomic mass is 9.93. The highest BCUT2D eigenvalue weighted by atomic mass is 32.2. The zero-order valence-corrected chi connectivity index (χ0v) is 17.9. The lowest BCUT2D eigenvalue weighted by Crippen LogP contribution is -2.42. The Hall–Kier alpha value is -2.03. The van der Waals surface area contributed by atoms with Crippen molar-refractivity contribution < 1.29 is 23.8 Å². The number of amides is 1. The van der Waals surface area contributed by atoms with E-state index in [1.165, 1.54) is 18.0 Å². The molecule has 1 aromatic heterocycles. The summed E-state index contributed by atoms with van der Waals surface area (Å²) < 4.78 is 16.4. The maximum Gasteiger partial charge on any atom is 0.407 e. The van der Waals surface area contributed by atoms with Crippen LogP contribution in [0.1, 0.15) is 63.7 Å². The first-order valence-corrected chi connectivity index (χ1v) is 10.7. The molecular weight excluding hydrogens is 382 g/mol. The largest absolute Gasteiger partial charge is 0.474 e. The molecule has 0 unspecified atom stereocenters. The standard InChI is InChI=1S/C19H29N3O5S/c1-6-25-16(23)14-11-20-17(28-5)22-15(14)26-13-9-7-12(8-10-13)21-18(24)27-19(2,3)4/h11-13H,6-10H2,1-5H3,(H,21,24). The van der Waals surface area contributed by atoms with Crippen molar-refractivity contribution in [1.29, 1.82) is 0 Å². The predicted molar refractivity (Wildman–Crippen MR) is 106 cm³/mol. The lowest BCUT2D eigenvalue weighted by molar-refractivity contribution is 0.0455. The summed E-state index contributed by atoms with van der Waals surface area (Å²) in [6.45, 7) is 7.52. The molecule has 0 saturated heterocycles. The molecule has 1 amide bonds. The van der Waals surface area contributed by atoms with E-state index in [4.69, 9.17) is 14.2 Å². The first kappa shape index (κ1) is 22.3. The molecule has 0 aliphatic heterocycles. The quantitative estimate of drug-likeness (QED) is 0.431. The van der Waals surface area contributed by atoms with E-state index in [2.05, 4.69) is 15.3 Å². The van der Waals surface area contributed by atoms with Crippen molar-refractivity contribution in [3.8, 4) is 5.88 Å². The second-order valence-corrected chi connectivity index (χ2v) is 8.31. The Morgan fingerprint density at radius 1 is 1.25 bits per heavy atom. The second kappa shape index (κ2) is 9.95. The van der Waals surface area contributed by atoms with Crippen molar-refractivity contribution in [3.05, 3.63) is 11.8 Å². The summed E-state index contributed by atoms with van der Waals surface area (Å²) >= 11 is 1.37. The number of nitrogens with one attached hydrogen (secondary N) is 1. The molecule has 0 atom stereocenters. The minimum Gasteiger partial charge on any atom is -0.474 e. The third-order valence-electron chi connectivity index (χ3n) is 4.08. The van der Waals surface area contributed by atoms with Crippen molar-refractivity contribution in [1.82, 2.24) is 15.3 Å². The third kappa shape index (κ3) is 6.85. The highest BCUT2D eigenvalue weighted by Gasteiger charge is 2.27. The number of hydrogen-bond acceptors (Lipinski definition) is 8. The van der Waals surface area contributed by atoms with Gasteiger partial charge in [0.2, 0.25) is 5.88 Å². The molecule has 1 aliphatic carbocycles. The fraction of sp³-hybridized carbons (Fsp3) is 0.684. The third-order valence-corrected chi connectivity index (χ3v) is 4.64. The number of aromatic nitrogens is 2. The van der Waals surface area contributed by atoms with E-state index in [1.807, 2.05) is 27.0 Å². The van der Waals surface area contributed by atoms with Gasteiger partial charge in [0.25, 0.3) is 0 Å². The van der Waals surface area contributed by atoms with E-state index >= 15 is 0 Å². The summed E-state index contributed by atoms with van der Waals surface area (Å²) in [4.78, 5) is 32.5. The molecule has 1 aromatic rings. The van der Waals surface area contributed by atoms with E-state index < -0.39 is 17.7 Å². The van der Waals surface area contributed by atoms with Crippen LogP contribution in [-0.4, -0.2) is 52.6 Å². The van der Waals surface area contributed by atoms with E-state index in [0.29, 0.717) is 5.16 Å². The van der Waals surface area contributed by atoms with Gasteiger partial charge in [-0.05, 0) is 59.6 Å². The summed E-state index contributed by atoms with van der Waals surface area (Å²) in [7, 11) is 0. The van der Waals surface area contributed by atoms with Gasteiger partial charge >= 0.3 is 12.1 Å². The molecular formula is C19H29N3O5S. The minimum atomic E-state index is -0.518. The van der Waals surface area contributed by atoms with Crippen LogP contribution in [0, 0.1) is 0 Å². The molecule has 1 N–H and O–H groups in total. The molecule has 0 aromatic carbocycles. The van der Waals surface area contributed by atoms with Gasteiger partial charge in [-0.1, -0.05) is 11.8 Å². The van der Waals surface area contributed by atoms with E-state index in [1.54, 1.807) is 6.92 Å². The predicted octanol–water partition coefficient (Wildman–Crippen LogP) is 3.59. The van der Waals surface area contributed by atoms with Crippen LogP contribution in [-0.2, 0) is 9.47 Å². The topological polar surface area (TPSA) is 99.6 Å². The summed E-state index contributed by atoms with van der Waals surface area (Å²) in [6.07, 6.45) is 5.82. The number of nitrogens with zero attached hydrogens (tertiary/aromatic N) is 2.